The van der Waals surface area contributed by atoms with Gasteiger partial charge in [-0.25, -0.2) is 8.42 Å². The van der Waals surface area contributed by atoms with Gasteiger partial charge in [-0.1, -0.05) is 0 Å². The number of piperazine rings is 1. The second kappa shape index (κ2) is 6.06. The molecule has 1 saturated heterocycles. The molecule has 0 spiro atoms. The monoisotopic (exact) mass is 362 g/mol. The van der Waals surface area contributed by atoms with Crippen LogP contribution in [-0.4, -0.2) is 59.3 Å². The van der Waals surface area contributed by atoms with Gasteiger partial charge in [0.15, 0.2) is 5.82 Å². The maximum Gasteiger partial charge on any atom is 0.246 e. The van der Waals surface area contributed by atoms with Crippen molar-refractivity contribution in [2.75, 3.05) is 31.1 Å². The van der Waals surface area contributed by atoms with E-state index in [1.54, 1.807) is 13.8 Å². The zero-order valence-electron chi connectivity index (χ0n) is 14.4. The first-order valence-corrected chi connectivity index (χ1v) is 10.0. The van der Waals surface area contributed by atoms with Gasteiger partial charge in [0.2, 0.25) is 10.0 Å². The SMILES string of the molecule is Cc1n[nH]c(C)c1S(=O)(=O)N1CCN(c2ccc(C3CC3)nn2)CC1. The van der Waals surface area contributed by atoms with Crippen LogP contribution in [0.3, 0.4) is 0 Å². The minimum atomic E-state index is -3.52. The summed E-state index contributed by atoms with van der Waals surface area (Å²) in [5.74, 6) is 1.40. The minimum absolute atomic E-state index is 0.300. The van der Waals surface area contributed by atoms with E-state index in [4.69, 9.17) is 0 Å². The number of sulfonamides is 1. The summed E-state index contributed by atoms with van der Waals surface area (Å²) in [5.41, 5.74) is 2.17. The van der Waals surface area contributed by atoms with Crippen molar-refractivity contribution < 1.29 is 8.42 Å². The van der Waals surface area contributed by atoms with Crippen molar-refractivity contribution in [1.82, 2.24) is 24.7 Å². The van der Waals surface area contributed by atoms with Crippen LogP contribution in [0.1, 0.15) is 35.8 Å². The number of aromatic nitrogens is 4. The van der Waals surface area contributed by atoms with Crippen LogP contribution in [0.2, 0.25) is 0 Å². The molecule has 25 heavy (non-hydrogen) atoms. The van der Waals surface area contributed by atoms with Crippen LogP contribution >= 0.6 is 0 Å². The zero-order chi connectivity index (χ0) is 17.6. The molecule has 3 heterocycles. The predicted octanol–water partition coefficient (Wildman–Crippen LogP) is 1.20. The van der Waals surface area contributed by atoms with Gasteiger partial charge in [-0.15, -0.1) is 5.10 Å². The minimum Gasteiger partial charge on any atom is -0.352 e. The quantitative estimate of drug-likeness (QED) is 0.878. The zero-order valence-corrected chi connectivity index (χ0v) is 15.3. The molecule has 0 radical (unpaired) electrons. The molecule has 0 aromatic carbocycles. The van der Waals surface area contributed by atoms with Gasteiger partial charge >= 0.3 is 0 Å². The molecule has 1 saturated carbocycles. The van der Waals surface area contributed by atoms with E-state index in [9.17, 15) is 8.42 Å². The molecule has 2 aromatic rings. The summed E-state index contributed by atoms with van der Waals surface area (Å²) in [6.07, 6.45) is 2.41. The molecule has 0 amide bonds. The molecule has 0 bridgehead atoms. The summed E-state index contributed by atoms with van der Waals surface area (Å²) in [7, 11) is -3.52. The molecule has 134 valence electrons. The van der Waals surface area contributed by atoms with E-state index in [-0.39, 0.29) is 0 Å². The van der Waals surface area contributed by atoms with Crippen LogP contribution in [-0.2, 0) is 10.0 Å². The first kappa shape index (κ1) is 16.5. The van der Waals surface area contributed by atoms with Gasteiger partial charge in [-0.2, -0.15) is 14.5 Å². The Morgan fingerprint density at radius 1 is 1.08 bits per heavy atom. The van der Waals surface area contributed by atoms with E-state index in [0.717, 1.165) is 11.5 Å². The molecule has 2 aliphatic rings. The topological polar surface area (TPSA) is 95.1 Å². The lowest BCUT2D eigenvalue weighted by Crippen LogP contribution is -2.49. The Labute approximate surface area is 147 Å². The third-order valence-corrected chi connectivity index (χ3v) is 7.05. The van der Waals surface area contributed by atoms with E-state index in [1.165, 1.54) is 17.1 Å². The number of hydrogen-bond acceptors (Lipinski definition) is 6. The molecule has 4 rings (SSSR count). The van der Waals surface area contributed by atoms with E-state index in [0.29, 0.717) is 48.4 Å². The number of hydrogen-bond donors (Lipinski definition) is 1. The fraction of sp³-hybridized carbons (Fsp3) is 0.562. The van der Waals surface area contributed by atoms with Crippen molar-refractivity contribution in [3.8, 4) is 0 Å². The Bertz CT molecular complexity index is 845. The Morgan fingerprint density at radius 3 is 2.32 bits per heavy atom. The number of anilines is 1. The van der Waals surface area contributed by atoms with Crippen molar-refractivity contribution in [2.24, 2.45) is 0 Å². The summed E-state index contributed by atoms with van der Waals surface area (Å²) in [6, 6.07) is 4.04. The van der Waals surface area contributed by atoms with Crippen molar-refractivity contribution in [3.05, 3.63) is 29.2 Å². The Balaban J connectivity index is 1.45. The number of rotatable bonds is 4. The third-order valence-electron chi connectivity index (χ3n) is 4.89. The molecule has 2 aromatic heterocycles. The van der Waals surface area contributed by atoms with Gasteiger partial charge in [0.25, 0.3) is 0 Å². The van der Waals surface area contributed by atoms with Gasteiger partial charge in [0.05, 0.1) is 17.1 Å². The van der Waals surface area contributed by atoms with Crippen molar-refractivity contribution in [1.29, 1.82) is 0 Å². The maximum atomic E-state index is 12.9. The average molecular weight is 362 g/mol. The van der Waals surface area contributed by atoms with Gasteiger partial charge < -0.3 is 4.90 Å². The van der Waals surface area contributed by atoms with E-state index >= 15 is 0 Å². The summed E-state index contributed by atoms with van der Waals surface area (Å²) in [5, 5.41) is 15.4. The number of nitrogens with zero attached hydrogens (tertiary/aromatic N) is 5. The first-order valence-electron chi connectivity index (χ1n) is 8.57. The number of nitrogens with one attached hydrogen (secondary N) is 1. The van der Waals surface area contributed by atoms with Crippen LogP contribution < -0.4 is 4.90 Å². The highest BCUT2D eigenvalue weighted by Crippen LogP contribution is 2.38. The smallest absolute Gasteiger partial charge is 0.246 e. The van der Waals surface area contributed by atoms with Gasteiger partial charge in [-0.3, -0.25) is 5.10 Å². The fourth-order valence-electron chi connectivity index (χ4n) is 3.31. The van der Waals surface area contributed by atoms with E-state index in [1.807, 2.05) is 12.1 Å². The normalized spacial score (nSPS) is 19.4. The lowest BCUT2D eigenvalue weighted by atomic mass is 10.2. The van der Waals surface area contributed by atoms with Gasteiger partial charge in [-0.05, 0) is 38.8 Å². The van der Waals surface area contributed by atoms with Crippen LogP contribution in [0.25, 0.3) is 0 Å². The molecule has 8 nitrogen and oxygen atoms in total. The van der Waals surface area contributed by atoms with Crippen LogP contribution in [0.15, 0.2) is 17.0 Å². The number of H-pyrrole nitrogens is 1. The van der Waals surface area contributed by atoms with Gasteiger partial charge in [0, 0.05) is 32.1 Å². The van der Waals surface area contributed by atoms with E-state index < -0.39 is 10.0 Å². The Hall–Kier alpha value is -2.00. The highest BCUT2D eigenvalue weighted by atomic mass is 32.2. The Morgan fingerprint density at radius 2 is 1.80 bits per heavy atom. The van der Waals surface area contributed by atoms with Gasteiger partial charge in [0.1, 0.15) is 4.90 Å². The summed E-state index contributed by atoms with van der Waals surface area (Å²) in [6.45, 7) is 5.51. The molecular weight excluding hydrogens is 340 g/mol. The lowest BCUT2D eigenvalue weighted by molar-refractivity contribution is 0.383. The van der Waals surface area contributed by atoms with Crippen LogP contribution in [0.5, 0.6) is 0 Å². The predicted molar refractivity (Wildman–Crippen MR) is 93.0 cm³/mol. The van der Waals surface area contributed by atoms with Crippen LogP contribution in [0, 0.1) is 13.8 Å². The molecule has 1 N–H and O–H groups in total. The second-order valence-electron chi connectivity index (χ2n) is 6.74. The molecule has 1 aliphatic heterocycles. The Kier molecular flexibility index (Phi) is 3.99. The molecule has 9 heteroatoms. The molecular formula is C16H22N6O2S. The summed E-state index contributed by atoms with van der Waals surface area (Å²) in [4.78, 5) is 2.39. The largest absolute Gasteiger partial charge is 0.352 e. The van der Waals surface area contributed by atoms with Crippen molar-refractivity contribution >= 4 is 15.8 Å². The van der Waals surface area contributed by atoms with Crippen molar-refractivity contribution in [3.63, 3.8) is 0 Å². The second-order valence-corrected chi connectivity index (χ2v) is 8.62. The highest BCUT2D eigenvalue weighted by molar-refractivity contribution is 7.89. The fourth-order valence-corrected chi connectivity index (χ4v) is 5.06. The highest BCUT2D eigenvalue weighted by Gasteiger charge is 2.32. The van der Waals surface area contributed by atoms with E-state index in [2.05, 4.69) is 25.3 Å². The van der Waals surface area contributed by atoms with Crippen molar-refractivity contribution in [2.45, 2.75) is 37.5 Å². The third kappa shape index (κ3) is 3.02. The maximum absolute atomic E-state index is 12.9. The molecule has 2 fully saturated rings. The first-order chi connectivity index (χ1) is 12.0. The number of aromatic amines is 1. The summed E-state index contributed by atoms with van der Waals surface area (Å²) < 4.78 is 27.3. The van der Waals surface area contributed by atoms with Crippen LogP contribution in [0.4, 0.5) is 5.82 Å². The average Bonchev–Trinajstić information content (AvgIpc) is 3.40. The standard InChI is InChI=1S/C16H22N6O2S/c1-11-16(12(2)18-17-11)25(23,24)22-9-7-21(8-10-22)15-6-5-14(19-20-15)13-3-4-13/h5-6,13H,3-4,7-10H2,1-2H3,(H,17,18). The lowest BCUT2D eigenvalue weighted by Gasteiger charge is -2.34. The molecule has 1 aliphatic carbocycles. The molecule has 0 unspecified atom stereocenters. The number of aryl methyl sites for hydroxylation is 2. The summed E-state index contributed by atoms with van der Waals surface area (Å²) >= 11 is 0. The molecule has 0 atom stereocenters.